The molecule has 276 valence electrons. The van der Waals surface area contributed by atoms with Crippen molar-refractivity contribution in [2.45, 2.75) is 137 Å². The van der Waals surface area contributed by atoms with Crippen molar-refractivity contribution in [2.24, 2.45) is 0 Å². The Morgan fingerprint density at radius 3 is 1.55 bits per heavy atom. The molecule has 1 N–H and O–H groups in total. The topological polar surface area (TPSA) is 55.8 Å². The molecule has 0 heterocycles. The SMILES string of the molecule is CO[C@H](C(=O)O[C@@H](CC/C(C)=C/CC/C(C)=C/CC/C=C(\C)CC/C=C(\C)CCC=C(C)C)C(C)(C)O)c1c2ccccc2cc2ccccc12. The maximum absolute atomic E-state index is 13.8. The van der Waals surface area contributed by atoms with Crippen LogP contribution in [0.15, 0.2) is 113 Å². The highest BCUT2D eigenvalue weighted by molar-refractivity contribution is 6.05. The van der Waals surface area contributed by atoms with Gasteiger partial charge in [-0.25, -0.2) is 4.79 Å². The summed E-state index contributed by atoms with van der Waals surface area (Å²) >= 11 is 0. The molecule has 51 heavy (non-hydrogen) atoms. The molecule has 0 amide bonds. The van der Waals surface area contributed by atoms with Crippen LogP contribution in [0.25, 0.3) is 21.5 Å². The average molecular weight is 693 g/mol. The minimum absolute atomic E-state index is 0.490. The first-order valence-corrected chi connectivity index (χ1v) is 18.9. The molecule has 2 atom stereocenters. The lowest BCUT2D eigenvalue weighted by molar-refractivity contribution is -0.174. The zero-order valence-electron chi connectivity index (χ0n) is 33.0. The maximum Gasteiger partial charge on any atom is 0.340 e. The first-order chi connectivity index (χ1) is 24.3. The van der Waals surface area contributed by atoms with E-state index in [9.17, 15) is 9.90 Å². The lowest BCUT2D eigenvalue weighted by atomic mass is 9.92. The third-order valence-electron chi connectivity index (χ3n) is 9.68. The number of carbonyl (C=O) groups excluding carboxylic acids is 1. The van der Waals surface area contributed by atoms with E-state index in [0.29, 0.717) is 6.42 Å². The predicted octanol–water partition coefficient (Wildman–Crippen LogP) is 13.0. The number of esters is 1. The molecule has 0 fully saturated rings. The van der Waals surface area contributed by atoms with Gasteiger partial charge in [0.25, 0.3) is 0 Å². The van der Waals surface area contributed by atoms with E-state index >= 15 is 0 Å². The van der Waals surface area contributed by atoms with E-state index in [-0.39, 0.29) is 0 Å². The van der Waals surface area contributed by atoms with Gasteiger partial charge in [0, 0.05) is 12.7 Å². The number of fused-ring (bicyclic) bond motifs is 2. The fourth-order valence-corrected chi connectivity index (χ4v) is 6.53. The van der Waals surface area contributed by atoms with E-state index in [0.717, 1.165) is 84.9 Å². The minimum Gasteiger partial charge on any atom is -0.457 e. The normalized spacial score (nSPS) is 14.5. The van der Waals surface area contributed by atoms with Crippen molar-refractivity contribution in [3.05, 3.63) is 118 Å². The number of allylic oxidation sites excluding steroid dienone is 10. The van der Waals surface area contributed by atoms with Crippen molar-refractivity contribution in [1.29, 1.82) is 0 Å². The van der Waals surface area contributed by atoms with Gasteiger partial charge in [0.2, 0.25) is 0 Å². The molecule has 3 aromatic carbocycles. The molecule has 0 saturated carbocycles. The second-order valence-corrected chi connectivity index (χ2v) is 15.1. The zero-order valence-corrected chi connectivity index (χ0v) is 33.0. The Hall–Kier alpha value is -3.73. The molecule has 0 radical (unpaired) electrons. The summed E-state index contributed by atoms with van der Waals surface area (Å²) in [4.78, 5) is 13.8. The molecule has 0 aliphatic heterocycles. The zero-order chi connectivity index (χ0) is 37.4. The van der Waals surface area contributed by atoms with Gasteiger partial charge in [-0.3, -0.25) is 0 Å². The van der Waals surface area contributed by atoms with Crippen LogP contribution in [-0.2, 0) is 14.3 Å². The highest BCUT2D eigenvalue weighted by atomic mass is 16.6. The quantitative estimate of drug-likeness (QED) is 0.0554. The third kappa shape index (κ3) is 14.1. The first-order valence-electron chi connectivity index (χ1n) is 18.9. The summed E-state index contributed by atoms with van der Waals surface area (Å²) in [5.41, 5.74) is 6.59. The number of aliphatic hydroxyl groups is 1. The average Bonchev–Trinajstić information content (AvgIpc) is 3.07. The Morgan fingerprint density at radius 2 is 1.10 bits per heavy atom. The van der Waals surface area contributed by atoms with Crippen molar-refractivity contribution < 1.29 is 19.4 Å². The summed E-state index contributed by atoms with van der Waals surface area (Å²) in [6.45, 7) is 16.6. The molecular formula is C47H64O4. The monoisotopic (exact) mass is 692 g/mol. The molecule has 3 aromatic rings. The number of unbranched alkanes of at least 4 members (excludes halogenated alkanes) is 1. The second kappa shape index (κ2) is 21.0. The van der Waals surface area contributed by atoms with Gasteiger partial charge in [-0.2, -0.15) is 0 Å². The van der Waals surface area contributed by atoms with Crippen LogP contribution in [0.2, 0.25) is 0 Å². The van der Waals surface area contributed by atoms with Crippen LogP contribution < -0.4 is 0 Å². The van der Waals surface area contributed by atoms with Crippen LogP contribution in [0, 0.1) is 0 Å². The lowest BCUT2D eigenvalue weighted by Crippen LogP contribution is -2.41. The second-order valence-electron chi connectivity index (χ2n) is 15.1. The third-order valence-corrected chi connectivity index (χ3v) is 9.68. The molecule has 0 bridgehead atoms. The first kappa shape index (κ1) is 41.7. The number of hydrogen-bond donors (Lipinski definition) is 1. The fourth-order valence-electron chi connectivity index (χ4n) is 6.53. The number of hydrogen-bond acceptors (Lipinski definition) is 4. The van der Waals surface area contributed by atoms with E-state index in [4.69, 9.17) is 9.47 Å². The number of ether oxygens (including phenoxy) is 2. The van der Waals surface area contributed by atoms with Crippen LogP contribution in [0.4, 0.5) is 0 Å². The predicted molar refractivity (Wildman–Crippen MR) is 218 cm³/mol. The summed E-state index contributed by atoms with van der Waals surface area (Å²) in [5.74, 6) is -0.490. The number of benzene rings is 3. The lowest BCUT2D eigenvalue weighted by Gasteiger charge is -2.31. The van der Waals surface area contributed by atoms with Crippen molar-refractivity contribution in [1.82, 2.24) is 0 Å². The summed E-state index contributed by atoms with van der Waals surface area (Å²) < 4.78 is 11.9. The fraction of sp³-hybridized carbons (Fsp3) is 0.468. The van der Waals surface area contributed by atoms with Gasteiger partial charge < -0.3 is 14.6 Å². The molecule has 4 heteroatoms. The number of carbonyl (C=O) groups is 1. The van der Waals surface area contributed by atoms with Gasteiger partial charge >= 0.3 is 5.97 Å². The molecule has 0 saturated heterocycles. The largest absolute Gasteiger partial charge is 0.457 e. The number of rotatable bonds is 20. The van der Waals surface area contributed by atoms with Crippen molar-refractivity contribution in [3.8, 4) is 0 Å². The number of methoxy groups -OCH3 is 1. The van der Waals surface area contributed by atoms with Crippen LogP contribution in [0.5, 0.6) is 0 Å². The van der Waals surface area contributed by atoms with Gasteiger partial charge in [0.05, 0.1) is 5.60 Å². The van der Waals surface area contributed by atoms with E-state index < -0.39 is 23.8 Å². The smallest absolute Gasteiger partial charge is 0.340 e. The van der Waals surface area contributed by atoms with Gasteiger partial charge in [-0.1, -0.05) is 107 Å². The van der Waals surface area contributed by atoms with E-state index in [2.05, 4.69) is 78.0 Å². The Balaban J connectivity index is 1.51. The van der Waals surface area contributed by atoms with Crippen LogP contribution in [0.1, 0.15) is 131 Å². The highest BCUT2D eigenvalue weighted by Crippen LogP contribution is 2.36. The van der Waals surface area contributed by atoms with Crippen LogP contribution in [-0.4, -0.2) is 29.9 Å². The Labute approximate surface area is 309 Å². The molecular weight excluding hydrogens is 629 g/mol. The molecule has 0 aromatic heterocycles. The minimum atomic E-state index is -1.21. The summed E-state index contributed by atoms with van der Waals surface area (Å²) in [5, 5.41) is 15.0. The van der Waals surface area contributed by atoms with Gasteiger partial charge in [0.1, 0.15) is 6.10 Å². The standard InChI is InChI=1S/C47H64O4/c1-34(2)19-16-22-37(5)25-17-23-35(3)20-10-11-21-36(4)24-18-26-38(6)31-32-43(47(7,8)49)51-46(48)45(50-9)44-41-29-14-12-27-39(41)33-40-28-13-15-30-42(40)44/h12-15,19-21,25-30,33,43,45,49H,10-11,16-18,22-24,31-32H2,1-9H3/b35-20+,36-21+,37-25+,38-26+/t43-,45-/m0/s1. The van der Waals surface area contributed by atoms with Crippen molar-refractivity contribution >= 4 is 27.5 Å². The molecule has 3 rings (SSSR count). The van der Waals surface area contributed by atoms with Crippen molar-refractivity contribution in [3.63, 3.8) is 0 Å². The van der Waals surface area contributed by atoms with Gasteiger partial charge in [0.15, 0.2) is 6.10 Å². The van der Waals surface area contributed by atoms with E-state index in [1.807, 2.05) is 48.5 Å². The maximum atomic E-state index is 13.8. The molecule has 0 aliphatic rings. The van der Waals surface area contributed by atoms with E-state index in [1.54, 1.807) is 13.8 Å². The Morgan fingerprint density at radius 1 is 0.667 bits per heavy atom. The molecule has 0 unspecified atom stereocenters. The molecule has 4 nitrogen and oxygen atoms in total. The summed E-state index contributed by atoms with van der Waals surface area (Å²) in [6.07, 6.45) is 20.1. The summed E-state index contributed by atoms with van der Waals surface area (Å²) in [7, 11) is 1.54. The van der Waals surface area contributed by atoms with Gasteiger partial charge in [-0.15, -0.1) is 0 Å². The molecule has 0 aliphatic carbocycles. The molecule has 0 spiro atoms. The summed E-state index contributed by atoms with van der Waals surface area (Å²) in [6, 6.07) is 18.2. The van der Waals surface area contributed by atoms with Gasteiger partial charge in [-0.05, 0) is 147 Å². The van der Waals surface area contributed by atoms with Crippen LogP contribution in [0.3, 0.4) is 0 Å². The van der Waals surface area contributed by atoms with E-state index in [1.165, 1.54) is 35.0 Å². The van der Waals surface area contributed by atoms with Crippen molar-refractivity contribution in [2.75, 3.05) is 7.11 Å². The highest BCUT2D eigenvalue weighted by Gasteiger charge is 2.34. The Bertz CT molecular complexity index is 1670. The Kier molecular flexibility index (Phi) is 17.1. The van der Waals surface area contributed by atoms with Crippen LogP contribution >= 0.6 is 0 Å².